The Labute approximate surface area is 97.4 Å². The Morgan fingerprint density at radius 3 is 2.25 bits per heavy atom. The first kappa shape index (κ1) is 14.9. The Hall–Kier alpha value is -1.10. The molecule has 0 aromatic heterocycles. The Morgan fingerprint density at radius 2 is 1.88 bits per heavy atom. The van der Waals surface area contributed by atoms with Crippen LogP contribution in [0.4, 0.5) is 0 Å². The van der Waals surface area contributed by atoms with Crippen molar-refractivity contribution >= 4 is 11.8 Å². The van der Waals surface area contributed by atoms with Crippen molar-refractivity contribution in [3.05, 3.63) is 0 Å². The number of hydrogen-bond donors (Lipinski definition) is 2. The number of amides is 2. The van der Waals surface area contributed by atoms with Gasteiger partial charge in [0.25, 0.3) is 0 Å². The highest BCUT2D eigenvalue weighted by atomic mass is 16.2. The summed E-state index contributed by atoms with van der Waals surface area (Å²) in [5, 5.41) is 2.75. The molecule has 0 heterocycles. The van der Waals surface area contributed by atoms with Gasteiger partial charge in [0.1, 0.15) is 0 Å². The van der Waals surface area contributed by atoms with E-state index < -0.39 is 6.04 Å². The number of nitrogens with zero attached hydrogens (tertiary/aromatic N) is 1. The van der Waals surface area contributed by atoms with Gasteiger partial charge in [-0.15, -0.1) is 0 Å². The van der Waals surface area contributed by atoms with E-state index in [2.05, 4.69) is 5.32 Å². The lowest BCUT2D eigenvalue weighted by molar-refractivity contribution is -0.137. The molecule has 0 spiro atoms. The van der Waals surface area contributed by atoms with Crippen molar-refractivity contribution in [1.29, 1.82) is 0 Å². The zero-order chi connectivity index (χ0) is 12.7. The zero-order valence-corrected chi connectivity index (χ0v) is 10.6. The summed E-state index contributed by atoms with van der Waals surface area (Å²) in [5.41, 5.74) is 5.65. The minimum Gasteiger partial charge on any atom is -0.352 e. The van der Waals surface area contributed by atoms with Gasteiger partial charge in [0.2, 0.25) is 11.8 Å². The van der Waals surface area contributed by atoms with E-state index in [1.807, 2.05) is 27.7 Å². The topological polar surface area (TPSA) is 75.4 Å². The summed E-state index contributed by atoms with van der Waals surface area (Å²) in [6.07, 6.45) is 0.584. The summed E-state index contributed by atoms with van der Waals surface area (Å²) in [4.78, 5) is 24.7. The number of carbonyl (C=O) groups excluding carboxylic acids is 2. The van der Waals surface area contributed by atoms with E-state index in [1.54, 1.807) is 0 Å². The van der Waals surface area contributed by atoms with Gasteiger partial charge in [0.15, 0.2) is 0 Å². The van der Waals surface area contributed by atoms with E-state index in [-0.39, 0.29) is 24.4 Å². The van der Waals surface area contributed by atoms with Crippen LogP contribution in [0.2, 0.25) is 0 Å². The third kappa shape index (κ3) is 5.11. The maximum absolute atomic E-state index is 11.7. The molecule has 0 aliphatic rings. The standard InChI is InChI=1S/C11H23N3O2/c1-5-9(12)11(16)14(6-2)7-10(15)13-8(3)4/h8-9H,5-7,12H2,1-4H3,(H,13,15). The second-order valence-corrected chi connectivity index (χ2v) is 4.09. The fourth-order valence-corrected chi connectivity index (χ4v) is 1.30. The van der Waals surface area contributed by atoms with Crippen LogP contribution in [0, 0.1) is 0 Å². The molecule has 2 amide bonds. The second kappa shape index (κ2) is 7.22. The highest BCUT2D eigenvalue weighted by molar-refractivity contribution is 5.87. The summed E-state index contributed by atoms with van der Waals surface area (Å²) >= 11 is 0. The van der Waals surface area contributed by atoms with E-state index in [1.165, 1.54) is 4.90 Å². The van der Waals surface area contributed by atoms with Gasteiger partial charge < -0.3 is 16.0 Å². The molecule has 0 saturated heterocycles. The molecule has 1 unspecified atom stereocenters. The van der Waals surface area contributed by atoms with E-state index in [9.17, 15) is 9.59 Å². The monoisotopic (exact) mass is 229 g/mol. The van der Waals surface area contributed by atoms with Gasteiger partial charge in [-0.05, 0) is 27.2 Å². The minimum absolute atomic E-state index is 0.0844. The molecule has 0 aliphatic carbocycles. The molecule has 16 heavy (non-hydrogen) atoms. The van der Waals surface area contributed by atoms with Gasteiger partial charge >= 0.3 is 0 Å². The largest absolute Gasteiger partial charge is 0.352 e. The second-order valence-electron chi connectivity index (χ2n) is 4.09. The van der Waals surface area contributed by atoms with Crippen LogP contribution >= 0.6 is 0 Å². The smallest absolute Gasteiger partial charge is 0.239 e. The normalized spacial score (nSPS) is 12.4. The lowest BCUT2D eigenvalue weighted by Gasteiger charge is -2.23. The molecule has 0 aromatic carbocycles. The minimum atomic E-state index is -0.508. The van der Waals surface area contributed by atoms with Crippen molar-refractivity contribution in [1.82, 2.24) is 10.2 Å². The van der Waals surface area contributed by atoms with E-state index in [0.717, 1.165) is 0 Å². The van der Waals surface area contributed by atoms with Crippen LogP contribution in [0.3, 0.4) is 0 Å². The van der Waals surface area contributed by atoms with Crippen LogP contribution in [0.1, 0.15) is 34.1 Å². The first-order chi connectivity index (χ1) is 7.42. The van der Waals surface area contributed by atoms with Crippen LogP contribution in [0.25, 0.3) is 0 Å². The molecule has 0 fully saturated rings. The SMILES string of the molecule is CCC(N)C(=O)N(CC)CC(=O)NC(C)C. The Morgan fingerprint density at radius 1 is 1.31 bits per heavy atom. The number of likely N-dealkylation sites (N-methyl/N-ethyl adjacent to an activating group) is 1. The molecule has 0 aliphatic heterocycles. The van der Waals surface area contributed by atoms with Crippen LogP contribution < -0.4 is 11.1 Å². The summed E-state index contributed by atoms with van der Waals surface area (Å²) in [5.74, 6) is -0.308. The van der Waals surface area contributed by atoms with E-state index >= 15 is 0 Å². The molecule has 0 saturated carbocycles. The Balaban J connectivity index is 4.29. The van der Waals surface area contributed by atoms with Crippen LogP contribution in [0.5, 0.6) is 0 Å². The molecule has 5 heteroatoms. The zero-order valence-electron chi connectivity index (χ0n) is 10.6. The van der Waals surface area contributed by atoms with Crippen molar-refractivity contribution in [3.8, 4) is 0 Å². The van der Waals surface area contributed by atoms with Crippen LogP contribution in [-0.2, 0) is 9.59 Å². The van der Waals surface area contributed by atoms with Crippen molar-refractivity contribution in [2.24, 2.45) is 5.73 Å². The summed E-state index contributed by atoms with van der Waals surface area (Å²) in [7, 11) is 0. The van der Waals surface area contributed by atoms with Crippen molar-refractivity contribution in [3.63, 3.8) is 0 Å². The summed E-state index contributed by atoms with van der Waals surface area (Å²) < 4.78 is 0. The average molecular weight is 229 g/mol. The predicted molar refractivity (Wildman–Crippen MR) is 63.8 cm³/mol. The van der Waals surface area contributed by atoms with Gasteiger partial charge in [-0.2, -0.15) is 0 Å². The maximum atomic E-state index is 11.7. The number of rotatable bonds is 6. The molecule has 3 N–H and O–H groups in total. The Kier molecular flexibility index (Phi) is 6.72. The molecule has 0 bridgehead atoms. The molecular weight excluding hydrogens is 206 g/mol. The number of nitrogens with one attached hydrogen (secondary N) is 1. The van der Waals surface area contributed by atoms with E-state index in [4.69, 9.17) is 5.73 Å². The molecule has 0 radical (unpaired) electrons. The Bertz CT molecular complexity index is 241. The predicted octanol–water partition coefficient (Wildman–Crippen LogP) is 0.0968. The van der Waals surface area contributed by atoms with Crippen molar-refractivity contribution in [2.45, 2.75) is 46.2 Å². The molecule has 5 nitrogen and oxygen atoms in total. The lowest BCUT2D eigenvalue weighted by Crippen LogP contribution is -2.48. The summed E-state index contributed by atoms with van der Waals surface area (Å²) in [6, 6.07) is -0.423. The molecular formula is C11H23N3O2. The van der Waals surface area contributed by atoms with Gasteiger partial charge in [-0.25, -0.2) is 0 Å². The summed E-state index contributed by atoms with van der Waals surface area (Å²) in [6.45, 7) is 8.04. The quantitative estimate of drug-likeness (QED) is 0.678. The third-order valence-electron chi connectivity index (χ3n) is 2.23. The van der Waals surface area contributed by atoms with Gasteiger partial charge in [0.05, 0.1) is 12.6 Å². The third-order valence-corrected chi connectivity index (χ3v) is 2.23. The van der Waals surface area contributed by atoms with Gasteiger partial charge in [-0.1, -0.05) is 6.92 Å². The highest BCUT2D eigenvalue weighted by Crippen LogP contribution is 1.97. The number of nitrogens with two attached hydrogens (primary N) is 1. The van der Waals surface area contributed by atoms with Crippen molar-refractivity contribution < 1.29 is 9.59 Å². The molecule has 94 valence electrons. The van der Waals surface area contributed by atoms with E-state index in [0.29, 0.717) is 13.0 Å². The van der Waals surface area contributed by atoms with Gasteiger partial charge in [-0.3, -0.25) is 9.59 Å². The van der Waals surface area contributed by atoms with Crippen LogP contribution in [-0.4, -0.2) is 41.9 Å². The fourth-order valence-electron chi connectivity index (χ4n) is 1.30. The maximum Gasteiger partial charge on any atom is 0.239 e. The number of hydrogen-bond acceptors (Lipinski definition) is 3. The highest BCUT2D eigenvalue weighted by Gasteiger charge is 2.20. The van der Waals surface area contributed by atoms with Crippen LogP contribution in [0.15, 0.2) is 0 Å². The lowest BCUT2D eigenvalue weighted by atomic mass is 10.2. The van der Waals surface area contributed by atoms with Gasteiger partial charge in [0, 0.05) is 12.6 Å². The number of carbonyl (C=O) groups is 2. The first-order valence-corrected chi connectivity index (χ1v) is 5.76. The molecule has 1 atom stereocenters. The average Bonchev–Trinajstić information content (AvgIpc) is 2.22. The fraction of sp³-hybridized carbons (Fsp3) is 0.818. The first-order valence-electron chi connectivity index (χ1n) is 5.76. The molecule has 0 aromatic rings. The molecule has 0 rings (SSSR count). The van der Waals surface area contributed by atoms with Crippen molar-refractivity contribution in [2.75, 3.05) is 13.1 Å².